The lowest BCUT2D eigenvalue weighted by molar-refractivity contribution is 1.11. The topological polar surface area (TPSA) is 82.0 Å². The first kappa shape index (κ1) is 12.5. The Morgan fingerprint density at radius 3 is 2.14 bits per heavy atom. The lowest BCUT2D eigenvalue weighted by atomic mass is 10.0. The maximum Gasteiger partial charge on any atom is 0.206 e. The van der Waals surface area contributed by atoms with E-state index in [4.69, 9.17) is 5.73 Å². The van der Waals surface area contributed by atoms with Crippen LogP contribution in [-0.4, -0.2) is 24.3 Å². The van der Waals surface area contributed by atoms with E-state index >= 15 is 0 Å². The lowest BCUT2D eigenvalue weighted by Crippen LogP contribution is -2.04. The molecule has 0 aliphatic rings. The van der Waals surface area contributed by atoms with E-state index in [-0.39, 0.29) is 0 Å². The number of nitrogens with two attached hydrogens (primary N) is 1. The Labute approximate surface area is 126 Å². The SMILES string of the molecule is Nc1nc(-c2ccncc2)c(-c2ccncc2)c2nccn12. The molecule has 0 saturated carbocycles. The monoisotopic (exact) mass is 288 g/mol. The van der Waals surface area contributed by atoms with E-state index in [1.807, 2.05) is 24.3 Å². The molecular formula is C16H12N6. The first-order chi connectivity index (χ1) is 10.8. The molecule has 0 bridgehead atoms. The summed E-state index contributed by atoms with van der Waals surface area (Å²) in [4.78, 5) is 17.2. The van der Waals surface area contributed by atoms with Crippen molar-refractivity contribution in [1.29, 1.82) is 0 Å². The zero-order valence-corrected chi connectivity index (χ0v) is 11.6. The minimum Gasteiger partial charge on any atom is -0.369 e. The van der Waals surface area contributed by atoms with Gasteiger partial charge in [0.05, 0.1) is 11.3 Å². The highest BCUT2D eigenvalue weighted by Gasteiger charge is 2.16. The molecule has 2 N–H and O–H groups in total. The number of nitrogen functional groups attached to an aromatic ring is 1. The van der Waals surface area contributed by atoms with Gasteiger partial charge in [0.1, 0.15) is 5.65 Å². The number of imidazole rings is 1. The quantitative estimate of drug-likeness (QED) is 0.612. The van der Waals surface area contributed by atoms with Crippen LogP contribution in [0.15, 0.2) is 61.4 Å². The number of pyridine rings is 2. The van der Waals surface area contributed by atoms with Gasteiger partial charge in [0.25, 0.3) is 0 Å². The summed E-state index contributed by atoms with van der Waals surface area (Å²) >= 11 is 0. The highest BCUT2D eigenvalue weighted by atomic mass is 15.1. The standard InChI is InChI=1S/C16H12N6/c17-16-21-14(12-3-7-19-8-4-12)13(11-1-5-18-6-2-11)15-20-9-10-22(15)16/h1-10H,(H2,17,21). The van der Waals surface area contributed by atoms with Crippen molar-refractivity contribution in [2.24, 2.45) is 0 Å². The molecular weight excluding hydrogens is 276 g/mol. The summed E-state index contributed by atoms with van der Waals surface area (Å²) in [5, 5.41) is 0. The van der Waals surface area contributed by atoms with Gasteiger partial charge in [-0.25, -0.2) is 9.97 Å². The van der Waals surface area contributed by atoms with E-state index in [2.05, 4.69) is 19.9 Å². The molecule has 106 valence electrons. The molecule has 0 unspecified atom stereocenters. The summed E-state index contributed by atoms with van der Waals surface area (Å²) in [7, 11) is 0. The van der Waals surface area contributed by atoms with Crippen LogP contribution in [0.2, 0.25) is 0 Å². The predicted octanol–water partition coefficient (Wildman–Crippen LogP) is 2.44. The van der Waals surface area contributed by atoms with Crippen LogP contribution in [0.25, 0.3) is 28.0 Å². The molecule has 0 aliphatic carbocycles. The van der Waals surface area contributed by atoms with Crippen LogP contribution in [0.5, 0.6) is 0 Å². The van der Waals surface area contributed by atoms with Gasteiger partial charge in [0, 0.05) is 42.7 Å². The number of rotatable bonds is 2. The van der Waals surface area contributed by atoms with E-state index in [9.17, 15) is 0 Å². The summed E-state index contributed by atoms with van der Waals surface area (Å²) in [6.07, 6.45) is 10.5. The normalized spacial score (nSPS) is 10.9. The molecule has 4 rings (SSSR count). The van der Waals surface area contributed by atoms with Crippen LogP contribution >= 0.6 is 0 Å². The molecule has 0 spiro atoms. The molecule has 0 amide bonds. The number of nitrogens with zero attached hydrogens (tertiary/aromatic N) is 5. The third-order valence-electron chi connectivity index (χ3n) is 3.50. The van der Waals surface area contributed by atoms with Crippen LogP contribution in [0.1, 0.15) is 0 Å². The maximum absolute atomic E-state index is 6.07. The van der Waals surface area contributed by atoms with Crippen molar-refractivity contribution in [3.05, 3.63) is 61.4 Å². The van der Waals surface area contributed by atoms with Crippen molar-refractivity contribution in [1.82, 2.24) is 24.3 Å². The molecule has 6 heteroatoms. The first-order valence-electron chi connectivity index (χ1n) is 6.78. The fourth-order valence-electron chi connectivity index (χ4n) is 2.51. The second kappa shape index (κ2) is 4.92. The lowest BCUT2D eigenvalue weighted by Gasteiger charge is -2.12. The molecule has 22 heavy (non-hydrogen) atoms. The summed E-state index contributed by atoms with van der Waals surface area (Å²) < 4.78 is 1.78. The van der Waals surface area contributed by atoms with Crippen LogP contribution in [-0.2, 0) is 0 Å². The summed E-state index contributed by atoms with van der Waals surface area (Å²) in [5.74, 6) is 0.400. The fourth-order valence-corrected chi connectivity index (χ4v) is 2.51. The molecule has 4 aromatic rings. The average Bonchev–Trinajstić information content (AvgIpc) is 3.06. The van der Waals surface area contributed by atoms with Crippen LogP contribution in [0, 0.1) is 0 Å². The van der Waals surface area contributed by atoms with Crippen LogP contribution < -0.4 is 5.73 Å². The third kappa shape index (κ3) is 1.89. The highest BCUT2D eigenvalue weighted by Crippen LogP contribution is 2.34. The van der Waals surface area contributed by atoms with Gasteiger partial charge in [0.15, 0.2) is 0 Å². The Balaban J connectivity index is 2.12. The second-order valence-corrected chi connectivity index (χ2v) is 4.79. The van der Waals surface area contributed by atoms with Gasteiger partial charge >= 0.3 is 0 Å². The van der Waals surface area contributed by atoms with Gasteiger partial charge in [-0.2, -0.15) is 0 Å². The van der Waals surface area contributed by atoms with Gasteiger partial charge in [-0.3, -0.25) is 14.4 Å². The number of aromatic nitrogens is 5. The van der Waals surface area contributed by atoms with E-state index < -0.39 is 0 Å². The summed E-state index contributed by atoms with van der Waals surface area (Å²) in [6.45, 7) is 0. The van der Waals surface area contributed by atoms with E-state index in [1.165, 1.54) is 0 Å². The Bertz CT molecular complexity index is 931. The van der Waals surface area contributed by atoms with E-state index in [0.29, 0.717) is 5.95 Å². The molecule has 0 atom stereocenters. The number of fused-ring (bicyclic) bond motifs is 1. The number of anilines is 1. The van der Waals surface area contributed by atoms with Crippen molar-refractivity contribution < 1.29 is 0 Å². The maximum atomic E-state index is 6.07. The van der Waals surface area contributed by atoms with Crippen molar-refractivity contribution in [3.63, 3.8) is 0 Å². The van der Waals surface area contributed by atoms with Crippen molar-refractivity contribution in [3.8, 4) is 22.4 Å². The fraction of sp³-hybridized carbons (Fsp3) is 0. The second-order valence-electron chi connectivity index (χ2n) is 4.79. The molecule has 0 aromatic carbocycles. The Morgan fingerprint density at radius 2 is 1.45 bits per heavy atom. The molecule has 0 fully saturated rings. The van der Waals surface area contributed by atoms with Crippen LogP contribution in [0.3, 0.4) is 0 Å². The third-order valence-corrected chi connectivity index (χ3v) is 3.50. The number of hydrogen-bond acceptors (Lipinski definition) is 5. The summed E-state index contributed by atoms with van der Waals surface area (Å²) in [6, 6.07) is 7.69. The molecule has 4 aromatic heterocycles. The largest absolute Gasteiger partial charge is 0.369 e. The van der Waals surface area contributed by atoms with Gasteiger partial charge in [-0.15, -0.1) is 0 Å². The van der Waals surface area contributed by atoms with Gasteiger partial charge in [0.2, 0.25) is 5.95 Å². The van der Waals surface area contributed by atoms with E-state index in [1.54, 1.807) is 41.6 Å². The van der Waals surface area contributed by atoms with Gasteiger partial charge in [-0.1, -0.05) is 0 Å². The Hall–Kier alpha value is -3.28. The zero-order valence-electron chi connectivity index (χ0n) is 11.6. The van der Waals surface area contributed by atoms with Crippen molar-refractivity contribution in [2.45, 2.75) is 0 Å². The molecule has 0 aliphatic heterocycles. The molecule has 0 saturated heterocycles. The van der Waals surface area contributed by atoms with Crippen molar-refractivity contribution >= 4 is 11.6 Å². The summed E-state index contributed by atoms with van der Waals surface area (Å²) in [5.41, 5.74) is 10.5. The highest BCUT2D eigenvalue weighted by molar-refractivity contribution is 5.90. The van der Waals surface area contributed by atoms with Gasteiger partial charge < -0.3 is 5.73 Å². The zero-order chi connectivity index (χ0) is 14.9. The number of hydrogen-bond donors (Lipinski definition) is 1. The minimum atomic E-state index is 0.400. The Kier molecular flexibility index (Phi) is 2.79. The van der Waals surface area contributed by atoms with Crippen LogP contribution in [0.4, 0.5) is 5.95 Å². The van der Waals surface area contributed by atoms with Gasteiger partial charge in [-0.05, 0) is 29.8 Å². The molecule has 6 nitrogen and oxygen atoms in total. The molecule has 4 heterocycles. The minimum absolute atomic E-state index is 0.400. The predicted molar refractivity (Wildman–Crippen MR) is 83.9 cm³/mol. The van der Waals surface area contributed by atoms with Crippen molar-refractivity contribution in [2.75, 3.05) is 5.73 Å². The average molecular weight is 288 g/mol. The first-order valence-corrected chi connectivity index (χ1v) is 6.78. The van der Waals surface area contributed by atoms with E-state index in [0.717, 1.165) is 28.0 Å². The smallest absolute Gasteiger partial charge is 0.206 e. The Morgan fingerprint density at radius 1 is 0.818 bits per heavy atom. The molecule has 0 radical (unpaired) electrons.